The average Bonchev–Trinajstić information content (AvgIpc) is 3.35. The highest BCUT2D eigenvalue weighted by Gasteiger charge is 2.31. The summed E-state index contributed by atoms with van der Waals surface area (Å²) in [5.41, 5.74) is 4.67. The van der Waals surface area contributed by atoms with E-state index >= 15 is 0 Å². The molecule has 1 aliphatic rings. The number of rotatable bonds is 4. The van der Waals surface area contributed by atoms with E-state index in [-0.39, 0.29) is 0 Å². The summed E-state index contributed by atoms with van der Waals surface area (Å²) in [5.74, 6) is 0. The maximum atomic E-state index is 5.66. The molecule has 0 radical (unpaired) electrons. The molecule has 0 aliphatic heterocycles. The molecule has 0 bridgehead atoms. The Labute approximate surface area is 137 Å². The van der Waals surface area contributed by atoms with Crippen molar-refractivity contribution in [3.63, 3.8) is 0 Å². The molecule has 114 valence electrons. The Kier molecular flexibility index (Phi) is 4.39. The quantitative estimate of drug-likeness (QED) is 0.862. The number of hydrogen-bond acceptors (Lipinski definition) is 2. The number of benzene rings is 1. The fraction of sp³-hybridized carbons (Fsp3) is 0.333. The highest BCUT2D eigenvalue weighted by Crippen LogP contribution is 2.29. The lowest BCUT2D eigenvalue weighted by Gasteiger charge is -2.26. The number of pyridine rings is 1. The maximum absolute atomic E-state index is 5.66. The lowest BCUT2D eigenvalue weighted by atomic mass is 10.1. The Morgan fingerprint density at radius 2 is 2.05 bits per heavy atom. The minimum absolute atomic E-state index is 0.548. The first-order valence-corrected chi connectivity index (χ1v) is 8.09. The van der Waals surface area contributed by atoms with E-state index in [0.29, 0.717) is 6.04 Å². The van der Waals surface area contributed by atoms with Gasteiger partial charge < -0.3 is 10.2 Å². The topological polar surface area (TPSA) is 28.2 Å². The number of thiocarbonyl (C=S) groups is 1. The van der Waals surface area contributed by atoms with E-state index in [0.717, 1.165) is 23.0 Å². The Morgan fingerprint density at radius 1 is 1.23 bits per heavy atom. The molecule has 3 nitrogen and oxygen atoms in total. The summed E-state index contributed by atoms with van der Waals surface area (Å²) in [6, 6.07) is 12.8. The zero-order valence-electron chi connectivity index (χ0n) is 13.0. The van der Waals surface area contributed by atoms with Gasteiger partial charge in [-0.1, -0.05) is 18.2 Å². The van der Waals surface area contributed by atoms with Crippen LogP contribution < -0.4 is 5.32 Å². The third-order valence-corrected chi connectivity index (χ3v) is 4.49. The van der Waals surface area contributed by atoms with E-state index in [1.807, 2.05) is 18.3 Å². The summed E-state index contributed by atoms with van der Waals surface area (Å²) in [6.45, 7) is 5.01. The van der Waals surface area contributed by atoms with Gasteiger partial charge >= 0.3 is 0 Å². The maximum Gasteiger partial charge on any atom is 0.174 e. The van der Waals surface area contributed by atoms with Gasteiger partial charge in [-0.3, -0.25) is 4.98 Å². The van der Waals surface area contributed by atoms with Crippen LogP contribution in [0.25, 0.3) is 0 Å². The predicted octanol–water partition coefficient (Wildman–Crippen LogP) is 4.06. The molecule has 1 aromatic carbocycles. The molecule has 1 heterocycles. The molecule has 0 spiro atoms. The van der Waals surface area contributed by atoms with E-state index in [9.17, 15) is 0 Å². The first-order valence-electron chi connectivity index (χ1n) is 7.69. The summed E-state index contributed by atoms with van der Waals surface area (Å²) < 4.78 is 0. The summed E-state index contributed by atoms with van der Waals surface area (Å²) in [4.78, 5) is 6.68. The van der Waals surface area contributed by atoms with Gasteiger partial charge in [-0.15, -0.1) is 0 Å². The van der Waals surface area contributed by atoms with Crippen LogP contribution in [-0.2, 0) is 6.54 Å². The first kappa shape index (κ1) is 15.0. The van der Waals surface area contributed by atoms with Crippen molar-refractivity contribution in [2.75, 3.05) is 5.32 Å². The van der Waals surface area contributed by atoms with Crippen LogP contribution in [0, 0.1) is 13.8 Å². The second-order valence-electron chi connectivity index (χ2n) is 5.86. The van der Waals surface area contributed by atoms with E-state index < -0.39 is 0 Å². The van der Waals surface area contributed by atoms with Crippen LogP contribution >= 0.6 is 12.2 Å². The van der Waals surface area contributed by atoms with Crippen LogP contribution in [0.3, 0.4) is 0 Å². The Hall–Kier alpha value is -1.94. The van der Waals surface area contributed by atoms with Gasteiger partial charge in [0.1, 0.15) is 0 Å². The molecule has 0 unspecified atom stereocenters. The van der Waals surface area contributed by atoms with Crippen molar-refractivity contribution >= 4 is 23.0 Å². The first-order chi connectivity index (χ1) is 10.6. The molecular formula is C18H21N3S. The number of aromatic nitrogens is 1. The minimum Gasteiger partial charge on any atom is -0.340 e. The van der Waals surface area contributed by atoms with E-state index in [4.69, 9.17) is 12.2 Å². The van der Waals surface area contributed by atoms with Gasteiger partial charge in [-0.05, 0) is 68.2 Å². The van der Waals surface area contributed by atoms with Crippen molar-refractivity contribution in [1.29, 1.82) is 0 Å². The Balaban J connectivity index is 1.74. The van der Waals surface area contributed by atoms with Gasteiger partial charge in [-0.25, -0.2) is 0 Å². The molecule has 3 rings (SSSR count). The SMILES string of the molecule is Cc1cccc(NC(=S)N(Cc2ccccn2)C2CC2)c1C. The van der Waals surface area contributed by atoms with Crippen LogP contribution in [-0.4, -0.2) is 21.0 Å². The number of anilines is 1. The molecular weight excluding hydrogens is 290 g/mol. The monoisotopic (exact) mass is 311 g/mol. The molecule has 0 atom stereocenters. The summed E-state index contributed by atoms with van der Waals surface area (Å²) in [7, 11) is 0. The smallest absolute Gasteiger partial charge is 0.174 e. The minimum atomic E-state index is 0.548. The molecule has 2 aromatic rings. The fourth-order valence-electron chi connectivity index (χ4n) is 2.49. The standard InChI is InChI=1S/C18H21N3S/c1-13-6-5-8-17(14(13)2)20-18(22)21(16-9-10-16)12-15-7-3-4-11-19-15/h3-8,11,16H,9-10,12H2,1-2H3,(H,20,22). The number of aryl methyl sites for hydroxylation is 1. The van der Waals surface area contributed by atoms with Gasteiger partial charge in [0.25, 0.3) is 0 Å². The second kappa shape index (κ2) is 6.44. The average molecular weight is 311 g/mol. The van der Waals surface area contributed by atoms with Gasteiger partial charge in [0.2, 0.25) is 0 Å². The van der Waals surface area contributed by atoms with E-state index in [1.165, 1.54) is 24.0 Å². The third-order valence-electron chi connectivity index (χ3n) is 4.15. The summed E-state index contributed by atoms with van der Waals surface area (Å²) >= 11 is 5.66. The molecule has 1 saturated carbocycles. The van der Waals surface area contributed by atoms with Crippen molar-refractivity contribution in [2.24, 2.45) is 0 Å². The number of nitrogens with zero attached hydrogens (tertiary/aromatic N) is 2. The lowest BCUT2D eigenvalue weighted by Crippen LogP contribution is -2.36. The van der Waals surface area contributed by atoms with Crippen LogP contribution in [0.15, 0.2) is 42.6 Å². The van der Waals surface area contributed by atoms with Gasteiger partial charge in [0.05, 0.1) is 12.2 Å². The molecule has 0 saturated heterocycles. The van der Waals surface area contributed by atoms with Gasteiger partial charge in [-0.2, -0.15) is 0 Å². The molecule has 0 amide bonds. The lowest BCUT2D eigenvalue weighted by molar-refractivity contribution is 0.404. The zero-order valence-corrected chi connectivity index (χ0v) is 13.9. The van der Waals surface area contributed by atoms with Crippen molar-refractivity contribution in [3.05, 3.63) is 59.4 Å². The highest BCUT2D eigenvalue weighted by molar-refractivity contribution is 7.80. The molecule has 1 fully saturated rings. The largest absolute Gasteiger partial charge is 0.340 e. The van der Waals surface area contributed by atoms with Crippen molar-refractivity contribution in [1.82, 2.24) is 9.88 Å². The highest BCUT2D eigenvalue weighted by atomic mass is 32.1. The summed E-state index contributed by atoms with van der Waals surface area (Å²) in [5, 5.41) is 4.22. The Morgan fingerprint density at radius 3 is 2.73 bits per heavy atom. The fourth-order valence-corrected chi connectivity index (χ4v) is 2.82. The molecule has 22 heavy (non-hydrogen) atoms. The second-order valence-corrected chi connectivity index (χ2v) is 6.24. The number of nitrogens with one attached hydrogen (secondary N) is 1. The van der Waals surface area contributed by atoms with E-state index in [1.54, 1.807) is 0 Å². The normalized spacial score (nSPS) is 13.7. The number of hydrogen-bond donors (Lipinski definition) is 1. The van der Waals surface area contributed by atoms with Crippen LogP contribution in [0.2, 0.25) is 0 Å². The van der Waals surface area contributed by atoms with Gasteiger partial charge in [0.15, 0.2) is 5.11 Å². The molecule has 1 N–H and O–H groups in total. The third kappa shape index (κ3) is 3.45. The predicted molar refractivity (Wildman–Crippen MR) is 94.9 cm³/mol. The van der Waals surface area contributed by atoms with Crippen molar-refractivity contribution < 1.29 is 0 Å². The zero-order chi connectivity index (χ0) is 15.5. The molecule has 4 heteroatoms. The van der Waals surface area contributed by atoms with Gasteiger partial charge in [0, 0.05) is 17.9 Å². The molecule has 1 aliphatic carbocycles. The summed E-state index contributed by atoms with van der Waals surface area (Å²) in [6.07, 6.45) is 4.25. The van der Waals surface area contributed by atoms with Crippen LogP contribution in [0.5, 0.6) is 0 Å². The Bertz CT molecular complexity index is 665. The van der Waals surface area contributed by atoms with Crippen molar-refractivity contribution in [2.45, 2.75) is 39.3 Å². The van der Waals surface area contributed by atoms with E-state index in [2.05, 4.69) is 53.3 Å². The molecule has 1 aromatic heterocycles. The van der Waals surface area contributed by atoms with Crippen molar-refractivity contribution in [3.8, 4) is 0 Å². The van der Waals surface area contributed by atoms with Crippen LogP contribution in [0.1, 0.15) is 29.7 Å². The van der Waals surface area contributed by atoms with Crippen LogP contribution in [0.4, 0.5) is 5.69 Å².